The molecule has 3 nitrogen and oxygen atoms in total. The van der Waals surface area contributed by atoms with Crippen LogP contribution < -0.4 is 0 Å². The minimum Gasteiger partial charge on any atom is -0.206 e. The van der Waals surface area contributed by atoms with Crippen LogP contribution in [0, 0.1) is 6.92 Å². The summed E-state index contributed by atoms with van der Waals surface area (Å²) in [5.74, 6) is 0.304. The van der Waals surface area contributed by atoms with Crippen LogP contribution in [0.3, 0.4) is 0 Å². The van der Waals surface area contributed by atoms with E-state index in [0.717, 1.165) is 9.35 Å². The molecule has 0 aliphatic heterocycles. The molecule has 0 bridgehead atoms. The van der Waals surface area contributed by atoms with Crippen molar-refractivity contribution in [2.24, 2.45) is 0 Å². The molecule has 16 heavy (non-hydrogen) atoms. The predicted molar refractivity (Wildman–Crippen MR) is 71.9 cm³/mol. The van der Waals surface area contributed by atoms with Gasteiger partial charge in [-0.05, 0) is 34.5 Å². The van der Waals surface area contributed by atoms with E-state index in [2.05, 4.69) is 15.9 Å². The zero-order chi connectivity index (χ0) is 12.3. The fourth-order valence-corrected chi connectivity index (χ4v) is 5.36. The van der Waals surface area contributed by atoms with Gasteiger partial charge in [-0.2, -0.15) is 4.31 Å². The number of alkyl halides is 1. The van der Waals surface area contributed by atoms with Gasteiger partial charge in [0.2, 0.25) is 0 Å². The topological polar surface area (TPSA) is 37.4 Å². The Kier molecular flexibility index (Phi) is 5.25. The Balaban J connectivity index is 3.09. The molecule has 0 saturated carbocycles. The number of hydrogen-bond donors (Lipinski definition) is 0. The number of rotatable bonds is 5. The highest BCUT2D eigenvalue weighted by Crippen LogP contribution is 2.32. The highest BCUT2D eigenvalue weighted by atomic mass is 79.9. The van der Waals surface area contributed by atoms with E-state index in [1.54, 1.807) is 13.0 Å². The first-order chi connectivity index (χ1) is 7.43. The van der Waals surface area contributed by atoms with Crippen LogP contribution in [0.5, 0.6) is 0 Å². The van der Waals surface area contributed by atoms with Gasteiger partial charge in [-0.3, -0.25) is 0 Å². The minimum absolute atomic E-state index is 0.304. The average molecular weight is 347 g/mol. The van der Waals surface area contributed by atoms with Crippen molar-refractivity contribution in [2.75, 3.05) is 19.0 Å². The third-order valence-electron chi connectivity index (χ3n) is 2.12. The maximum atomic E-state index is 12.2. The van der Waals surface area contributed by atoms with Crippen LogP contribution in [-0.2, 0) is 10.0 Å². The molecule has 0 aliphatic carbocycles. The van der Waals surface area contributed by atoms with E-state index in [1.807, 2.05) is 6.92 Å². The highest BCUT2D eigenvalue weighted by Gasteiger charge is 2.25. The van der Waals surface area contributed by atoms with Crippen molar-refractivity contribution in [2.45, 2.75) is 18.1 Å². The van der Waals surface area contributed by atoms with Gasteiger partial charge in [0, 0.05) is 19.0 Å². The van der Waals surface area contributed by atoms with Crippen molar-refractivity contribution in [1.29, 1.82) is 0 Å². The molecule has 0 spiro atoms. The lowest BCUT2D eigenvalue weighted by Crippen LogP contribution is -2.32. The highest BCUT2D eigenvalue weighted by molar-refractivity contribution is 9.11. The molecule has 0 saturated heterocycles. The summed E-state index contributed by atoms with van der Waals surface area (Å²) in [5.41, 5.74) is 0.936. The molecule has 1 aromatic heterocycles. The van der Waals surface area contributed by atoms with E-state index >= 15 is 0 Å². The van der Waals surface area contributed by atoms with E-state index < -0.39 is 10.0 Å². The van der Waals surface area contributed by atoms with Crippen molar-refractivity contribution >= 4 is 48.9 Å². The number of aryl methyl sites for hydroxylation is 1. The summed E-state index contributed by atoms with van der Waals surface area (Å²) in [5, 5.41) is 0. The molecule has 0 amide bonds. The quantitative estimate of drug-likeness (QED) is 0.768. The van der Waals surface area contributed by atoms with E-state index in [-0.39, 0.29) is 0 Å². The molecule has 0 N–H and O–H groups in total. The minimum atomic E-state index is -3.38. The van der Waals surface area contributed by atoms with Crippen LogP contribution in [0.15, 0.2) is 14.1 Å². The van der Waals surface area contributed by atoms with Crippen molar-refractivity contribution in [3.63, 3.8) is 0 Å². The maximum Gasteiger partial charge on any atom is 0.252 e. The van der Waals surface area contributed by atoms with Gasteiger partial charge in [-0.1, -0.05) is 6.92 Å². The molecular formula is C9H13BrClNO2S2. The Bertz CT molecular complexity index is 439. The summed E-state index contributed by atoms with van der Waals surface area (Å²) in [7, 11) is -3.38. The summed E-state index contributed by atoms with van der Waals surface area (Å²) < 4.78 is 27.0. The molecule has 0 fully saturated rings. The smallest absolute Gasteiger partial charge is 0.206 e. The maximum absolute atomic E-state index is 12.2. The van der Waals surface area contributed by atoms with Crippen LogP contribution in [0.2, 0.25) is 0 Å². The first-order valence-corrected chi connectivity index (χ1v) is 8.34. The van der Waals surface area contributed by atoms with Crippen LogP contribution in [0.4, 0.5) is 0 Å². The lowest BCUT2D eigenvalue weighted by atomic mass is 10.4. The summed E-state index contributed by atoms with van der Waals surface area (Å²) in [6.45, 7) is 4.45. The molecule has 1 rings (SSSR count). The van der Waals surface area contributed by atoms with Gasteiger partial charge in [0.25, 0.3) is 10.0 Å². The Morgan fingerprint density at radius 1 is 1.56 bits per heavy atom. The first kappa shape index (κ1) is 14.4. The van der Waals surface area contributed by atoms with E-state index in [1.165, 1.54) is 15.6 Å². The standard InChI is InChI=1S/C9H13BrClNO2S2/c1-3-12(5-4-11)16(13,14)8-6-7(2)9(10)15-8/h6H,3-5H2,1-2H3. The van der Waals surface area contributed by atoms with E-state index in [0.29, 0.717) is 23.2 Å². The van der Waals surface area contributed by atoms with Gasteiger partial charge >= 0.3 is 0 Å². The van der Waals surface area contributed by atoms with Crippen molar-refractivity contribution in [3.8, 4) is 0 Å². The zero-order valence-corrected chi connectivity index (χ0v) is 13.0. The second-order valence-electron chi connectivity index (χ2n) is 3.21. The number of thiophene rings is 1. The molecule has 92 valence electrons. The van der Waals surface area contributed by atoms with Gasteiger partial charge < -0.3 is 0 Å². The lowest BCUT2D eigenvalue weighted by Gasteiger charge is -2.17. The molecule has 0 unspecified atom stereocenters. The fraction of sp³-hybridized carbons (Fsp3) is 0.556. The van der Waals surface area contributed by atoms with Crippen LogP contribution in [0.1, 0.15) is 12.5 Å². The molecule has 0 aliphatic rings. The lowest BCUT2D eigenvalue weighted by molar-refractivity contribution is 0.448. The second-order valence-corrected chi connectivity index (χ2v) is 8.12. The Morgan fingerprint density at radius 2 is 2.19 bits per heavy atom. The van der Waals surface area contributed by atoms with Crippen LogP contribution in [0.25, 0.3) is 0 Å². The summed E-state index contributed by atoms with van der Waals surface area (Å²) in [6, 6.07) is 1.68. The molecular weight excluding hydrogens is 334 g/mol. The van der Waals surface area contributed by atoms with Crippen LogP contribution in [-0.4, -0.2) is 31.7 Å². The summed E-state index contributed by atoms with van der Waals surface area (Å²) >= 11 is 10.2. The average Bonchev–Trinajstić information content (AvgIpc) is 2.56. The monoisotopic (exact) mass is 345 g/mol. The number of hydrogen-bond acceptors (Lipinski definition) is 3. The Labute approximate surface area is 114 Å². The van der Waals surface area contributed by atoms with Gasteiger partial charge in [0.1, 0.15) is 4.21 Å². The van der Waals surface area contributed by atoms with Gasteiger partial charge in [-0.15, -0.1) is 22.9 Å². The van der Waals surface area contributed by atoms with Crippen molar-refractivity contribution < 1.29 is 8.42 Å². The van der Waals surface area contributed by atoms with Gasteiger partial charge in [0.15, 0.2) is 0 Å². The van der Waals surface area contributed by atoms with Gasteiger partial charge in [0.05, 0.1) is 3.79 Å². The largest absolute Gasteiger partial charge is 0.252 e. The summed E-state index contributed by atoms with van der Waals surface area (Å²) in [6.07, 6.45) is 0. The molecule has 0 radical (unpaired) electrons. The van der Waals surface area contributed by atoms with E-state index in [9.17, 15) is 8.42 Å². The summed E-state index contributed by atoms with van der Waals surface area (Å²) in [4.78, 5) is 0. The van der Waals surface area contributed by atoms with E-state index in [4.69, 9.17) is 11.6 Å². The molecule has 1 heterocycles. The normalized spacial score (nSPS) is 12.3. The number of halogens is 2. The molecule has 0 aromatic carbocycles. The SMILES string of the molecule is CCN(CCCl)S(=O)(=O)c1cc(C)c(Br)s1. The van der Waals surface area contributed by atoms with Gasteiger partial charge in [-0.25, -0.2) is 8.42 Å². The predicted octanol–water partition coefficient (Wildman–Crippen LogP) is 3.07. The van der Waals surface area contributed by atoms with Crippen LogP contribution >= 0.6 is 38.9 Å². The van der Waals surface area contributed by atoms with Crippen molar-refractivity contribution in [1.82, 2.24) is 4.31 Å². The molecule has 1 aromatic rings. The number of nitrogens with zero attached hydrogens (tertiary/aromatic N) is 1. The van der Waals surface area contributed by atoms with Crippen molar-refractivity contribution in [3.05, 3.63) is 15.4 Å². The fourth-order valence-electron chi connectivity index (χ4n) is 1.23. The third-order valence-corrected chi connectivity index (χ3v) is 6.84. The third kappa shape index (κ3) is 2.98. The first-order valence-electron chi connectivity index (χ1n) is 4.75. The Morgan fingerprint density at radius 3 is 2.56 bits per heavy atom. The Hall–Kier alpha value is 0.380. The number of sulfonamides is 1. The molecule has 7 heteroatoms. The molecule has 0 atom stereocenters. The second kappa shape index (κ2) is 5.82. The zero-order valence-electron chi connectivity index (χ0n) is 9.03.